The van der Waals surface area contributed by atoms with Crippen molar-refractivity contribution < 1.29 is 18.0 Å². The first-order valence-corrected chi connectivity index (χ1v) is 8.80. The molecule has 0 spiro atoms. The number of alkyl halides is 3. The van der Waals surface area contributed by atoms with Crippen LogP contribution in [0.2, 0.25) is 10.0 Å². The summed E-state index contributed by atoms with van der Waals surface area (Å²) < 4.78 is 42.2. The number of halogens is 5. The number of carbonyl (C=O) groups is 1. The molecule has 140 valence electrons. The van der Waals surface area contributed by atoms with Crippen LogP contribution in [0.15, 0.2) is 24.5 Å². The summed E-state index contributed by atoms with van der Waals surface area (Å²) in [4.78, 5) is 18.1. The van der Waals surface area contributed by atoms with Crippen LogP contribution in [0.3, 0.4) is 0 Å². The number of hydrogen-bond donors (Lipinski definition) is 0. The zero-order chi connectivity index (χ0) is 19.2. The Morgan fingerprint density at radius 3 is 2.31 bits per heavy atom. The number of aromatic nitrogens is 2. The number of nitrogens with zero attached hydrogens (tertiary/aromatic N) is 3. The van der Waals surface area contributed by atoms with Gasteiger partial charge in [0.2, 0.25) is 0 Å². The summed E-state index contributed by atoms with van der Waals surface area (Å²) in [7, 11) is 0. The monoisotopic (exact) mass is 405 g/mol. The highest BCUT2D eigenvalue weighted by atomic mass is 35.5. The lowest BCUT2D eigenvalue weighted by atomic mass is 10.2. The van der Waals surface area contributed by atoms with Crippen molar-refractivity contribution in [2.75, 3.05) is 0 Å². The van der Waals surface area contributed by atoms with Gasteiger partial charge in [0, 0.05) is 12.1 Å². The van der Waals surface area contributed by atoms with Gasteiger partial charge in [0.15, 0.2) is 11.4 Å². The molecule has 0 bridgehead atoms. The Bertz CT molecular complexity index is 822. The second-order valence-electron chi connectivity index (χ2n) is 6.42. The van der Waals surface area contributed by atoms with Crippen LogP contribution in [0, 0.1) is 0 Å². The maximum Gasteiger partial charge on any atom is 0.434 e. The highest BCUT2D eigenvalue weighted by Gasteiger charge is 2.44. The Kier molecular flexibility index (Phi) is 4.96. The van der Waals surface area contributed by atoms with Crippen molar-refractivity contribution in [2.24, 2.45) is 0 Å². The summed E-state index contributed by atoms with van der Waals surface area (Å²) in [6.45, 7) is 3.54. The van der Waals surface area contributed by atoms with Crippen molar-refractivity contribution in [3.05, 3.63) is 46.0 Å². The van der Waals surface area contributed by atoms with Gasteiger partial charge in [0.05, 0.1) is 15.7 Å². The number of para-hydroxylation sites is 1. The summed E-state index contributed by atoms with van der Waals surface area (Å²) in [5, 5.41) is 0.0598. The predicted octanol–water partition coefficient (Wildman–Crippen LogP) is 5.21. The largest absolute Gasteiger partial charge is 0.434 e. The van der Waals surface area contributed by atoms with Crippen LogP contribution in [-0.2, 0) is 6.18 Å². The molecule has 2 aromatic rings. The second kappa shape index (κ2) is 6.78. The average molecular weight is 406 g/mol. The van der Waals surface area contributed by atoms with Crippen LogP contribution in [0.25, 0.3) is 5.69 Å². The van der Waals surface area contributed by atoms with E-state index in [-0.39, 0.29) is 27.8 Å². The molecule has 0 unspecified atom stereocenters. The molecule has 9 heteroatoms. The molecular formula is C17H16Cl2F3N3O. The summed E-state index contributed by atoms with van der Waals surface area (Å²) >= 11 is 12.1. The minimum atomic E-state index is -4.81. The lowest BCUT2D eigenvalue weighted by Crippen LogP contribution is -2.40. The molecular weight excluding hydrogens is 390 g/mol. The third-order valence-electron chi connectivity index (χ3n) is 4.15. The lowest BCUT2D eigenvalue weighted by Gasteiger charge is -2.26. The minimum Gasteiger partial charge on any atom is -0.332 e. The van der Waals surface area contributed by atoms with E-state index in [0.29, 0.717) is 0 Å². The van der Waals surface area contributed by atoms with E-state index in [1.807, 2.05) is 0 Å². The molecule has 0 N–H and O–H groups in total. The van der Waals surface area contributed by atoms with Crippen molar-refractivity contribution in [3.8, 4) is 5.69 Å². The quantitative estimate of drug-likeness (QED) is 0.699. The van der Waals surface area contributed by atoms with Crippen molar-refractivity contribution >= 4 is 29.1 Å². The molecule has 0 atom stereocenters. The zero-order valence-corrected chi connectivity index (χ0v) is 15.5. The van der Waals surface area contributed by atoms with Crippen molar-refractivity contribution in [1.29, 1.82) is 0 Å². The fraction of sp³-hybridized carbons (Fsp3) is 0.412. The number of benzene rings is 1. The summed E-state index contributed by atoms with van der Waals surface area (Å²) in [5.74, 6) is -0.739. The molecule has 1 amide bonds. The van der Waals surface area contributed by atoms with E-state index in [9.17, 15) is 18.0 Å². The van der Waals surface area contributed by atoms with Gasteiger partial charge in [-0.05, 0) is 38.8 Å². The third kappa shape index (κ3) is 3.42. The molecule has 1 heterocycles. The van der Waals surface area contributed by atoms with Crippen LogP contribution < -0.4 is 0 Å². The molecule has 0 aliphatic heterocycles. The lowest BCUT2D eigenvalue weighted by molar-refractivity contribution is -0.142. The van der Waals surface area contributed by atoms with Gasteiger partial charge in [-0.25, -0.2) is 4.98 Å². The van der Waals surface area contributed by atoms with Crippen LogP contribution in [-0.4, -0.2) is 32.4 Å². The Balaban J connectivity index is 2.17. The number of hydrogen-bond acceptors (Lipinski definition) is 2. The molecule has 1 aliphatic carbocycles. The summed E-state index contributed by atoms with van der Waals surface area (Å²) in [6.07, 6.45) is -2.31. The Hall–Kier alpha value is -1.73. The predicted molar refractivity (Wildman–Crippen MR) is 92.9 cm³/mol. The van der Waals surface area contributed by atoms with Gasteiger partial charge >= 0.3 is 6.18 Å². The highest BCUT2D eigenvalue weighted by molar-refractivity contribution is 6.37. The Morgan fingerprint density at radius 1 is 1.27 bits per heavy atom. The molecule has 1 fully saturated rings. The first kappa shape index (κ1) is 19.0. The van der Waals surface area contributed by atoms with Crippen molar-refractivity contribution in [3.63, 3.8) is 0 Å². The molecule has 3 rings (SSSR count). The minimum absolute atomic E-state index is 0.0299. The topological polar surface area (TPSA) is 38.1 Å². The fourth-order valence-electron chi connectivity index (χ4n) is 2.96. The van der Waals surface area contributed by atoms with Gasteiger partial charge in [0.1, 0.15) is 6.33 Å². The van der Waals surface area contributed by atoms with Gasteiger partial charge in [0.25, 0.3) is 5.91 Å². The molecule has 4 nitrogen and oxygen atoms in total. The van der Waals surface area contributed by atoms with Gasteiger partial charge in [-0.3, -0.25) is 9.36 Å². The molecule has 26 heavy (non-hydrogen) atoms. The van der Waals surface area contributed by atoms with Gasteiger partial charge in [-0.15, -0.1) is 0 Å². The Labute approximate surface area is 158 Å². The van der Waals surface area contributed by atoms with E-state index in [4.69, 9.17) is 23.2 Å². The SMILES string of the molecule is CC(C)N(C(=O)c1ncn(-c2c(Cl)cccc2Cl)c1C(F)(F)F)C1CC1. The molecule has 1 aliphatic rings. The molecule has 0 radical (unpaired) electrons. The highest BCUT2D eigenvalue weighted by Crippen LogP contribution is 2.39. The summed E-state index contributed by atoms with van der Waals surface area (Å²) in [5.41, 5.74) is -1.88. The van der Waals surface area contributed by atoms with Crippen LogP contribution in [0.4, 0.5) is 13.2 Å². The van der Waals surface area contributed by atoms with E-state index < -0.39 is 23.5 Å². The molecule has 0 saturated heterocycles. The van der Waals surface area contributed by atoms with Gasteiger partial charge in [-0.1, -0.05) is 29.3 Å². The second-order valence-corrected chi connectivity index (χ2v) is 7.23. The maximum atomic E-state index is 13.8. The third-order valence-corrected chi connectivity index (χ3v) is 4.76. The van der Waals surface area contributed by atoms with E-state index in [0.717, 1.165) is 23.7 Å². The smallest absolute Gasteiger partial charge is 0.332 e. The van der Waals surface area contributed by atoms with Gasteiger partial charge in [-0.2, -0.15) is 13.2 Å². The number of rotatable bonds is 4. The van der Waals surface area contributed by atoms with Gasteiger partial charge < -0.3 is 4.90 Å². The molecule has 1 aromatic carbocycles. The molecule has 1 aromatic heterocycles. The number of imidazole rings is 1. The van der Waals surface area contributed by atoms with Crippen LogP contribution >= 0.6 is 23.2 Å². The Morgan fingerprint density at radius 2 is 1.85 bits per heavy atom. The van der Waals surface area contributed by atoms with E-state index in [2.05, 4.69) is 4.98 Å². The van der Waals surface area contributed by atoms with E-state index in [1.54, 1.807) is 13.8 Å². The normalized spacial score (nSPS) is 14.8. The zero-order valence-electron chi connectivity index (χ0n) is 14.0. The summed E-state index contributed by atoms with van der Waals surface area (Å²) in [6, 6.07) is 4.10. The average Bonchev–Trinajstić information content (AvgIpc) is 3.23. The number of amides is 1. The first-order valence-electron chi connectivity index (χ1n) is 8.04. The van der Waals surface area contributed by atoms with Crippen LogP contribution in [0.1, 0.15) is 42.9 Å². The number of carbonyl (C=O) groups excluding carboxylic acids is 1. The van der Waals surface area contributed by atoms with Crippen molar-refractivity contribution in [2.45, 2.75) is 44.9 Å². The standard InChI is InChI=1S/C17H16Cl2F3N3O/c1-9(2)25(10-6-7-10)16(26)13-15(17(20,21)22)24(8-23-13)14-11(18)4-3-5-12(14)19/h3-5,8-10H,6-7H2,1-2H3. The molecule has 1 saturated carbocycles. The van der Waals surface area contributed by atoms with E-state index >= 15 is 0 Å². The van der Waals surface area contributed by atoms with Crippen molar-refractivity contribution in [1.82, 2.24) is 14.5 Å². The maximum absolute atomic E-state index is 13.8. The fourth-order valence-corrected chi connectivity index (χ4v) is 3.54. The first-order chi connectivity index (χ1) is 12.1. The van der Waals surface area contributed by atoms with E-state index in [1.165, 1.54) is 23.1 Å². The van der Waals surface area contributed by atoms with Crippen LogP contribution in [0.5, 0.6) is 0 Å².